The molecule has 1 aromatic heterocycles. The summed E-state index contributed by atoms with van der Waals surface area (Å²) in [5, 5.41) is 9.39. The van der Waals surface area contributed by atoms with Gasteiger partial charge < -0.3 is 10.1 Å². The zero-order chi connectivity index (χ0) is 13.4. The van der Waals surface area contributed by atoms with Crippen molar-refractivity contribution in [1.82, 2.24) is 10.2 Å². The van der Waals surface area contributed by atoms with Gasteiger partial charge in [-0.3, -0.25) is 9.89 Å². The summed E-state index contributed by atoms with van der Waals surface area (Å²) in [7, 11) is 0. The Morgan fingerprint density at radius 1 is 1.47 bits per heavy atom. The fourth-order valence-electron chi connectivity index (χ4n) is 1.87. The number of nitrogens with zero attached hydrogens (tertiary/aromatic N) is 1. The highest BCUT2D eigenvalue weighted by molar-refractivity contribution is 6.11. The van der Waals surface area contributed by atoms with E-state index in [0.717, 1.165) is 24.6 Å². The van der Waals surface area contributed by atoms with Crippen molar-refractivity contribution in [2.24, 2.45) is 0 Å². The number of H-pyrrole nitrogens is 1. The van der Waals surface area contributed by atoms with Crippen molar-refractivity contribution in [2.45, 2.75) is 25.2 Å². The van der Waals surface area contributed by atoms with Crippen LogP contribution in [0.5, 0.6) is 0 Å². The number of aromatic amines is 1. The van der Waals surface area contributed by atoms with Gasteiger partial charge in [0, 0.05) is 23.8 Å². The molecule has 1 amide bonds. The zero-order valence-electron chi connectivity index (χ0n) is 9.93. The van der Waals surface area contributed by atoms with Gasteiger partial charge in [0.25, 0.3) is 0 Å². The molecule has 2 aliphatic rings. The van der Waals surface area contributed by atoms with Crippen molar-refractivity contribution >= 4 is 23.7 Å². The molecule has 2 heterocycles. The van der Waals surface area contributed by atoms with Crippen LogP contribution in [0, 0.1) is 0 Å². The molecule has 98 valence electrons. The van der Waals surface area contributed by atoms with E-state index in [0.29, 0.717) is 11.7 Å². The van der Waals surface area contributed by atoms with E-state index in [1.165, 1.54) is 0 Å². The smallest absolute Gasteiger partial charge is 0.342 e. The van der Waals surface area contributed by atoms with Gasteiger partial charge in [-0.1, -0.05) is 0 Å². The lowest BCUT2D eigenvalue weighted by Crippen LogP contribution is -2.14. The highest BCUT2D eigenvalue weighted by Gasteiger charge is 2.27. The predicted molar refractivity (Wildman–Crippen MR) is 63.0 cm³/mol. The molecule has 1 fully saturated rings. The third-order valence-corrected chi connectivity index (χ3v) is 2.98. The van der Waals surface area contributed by atoms with Crippen LogP contribution in [0.2, 0.25) is 0 Å². The van der Waals surface area contributed by atoms with E-state index in [2.05, 4.69) is 20.3 Å². The molecule has 0 unspecified atom stereocenters. The summed E-state index contributed by atoms with van der Waals surface area (Å²) < 4.78 is 4.30. The normalized spacial score (nSPS) is 18.2. The summed E-state index contributed by atoms with van der Waals surface area (Å²) >= 11 is 0. The van der Waals surface area contributed by atoms with Gasteiger partial charge in [0.15, 0.2) is 5.82 Å². The largest absolute Gasteiger partial charge is 0.386 e. The Hall–Kier alpha value is -2.44. The first kappa shape index (κ1) is 11.6. The minimum absolute atomic E-state index is 0.0560. The second kappa shape index (κ2) is 4.34. The second-order valence-electron chi connectivity index (χ2n) is 4.59. The minimum Gasteiger partial charge on any atom is -0.386 e. The summed E-state index contributed by atoms with van der Waals surface area (Å²) in [4.78, 5) is 33.7. The van der Waals surface area contributed by atoms with Crippen LogP contribution in [-0.2, 0) is 19.1 Å². The average molecular weight is 261 g/mol. The lowest BCUT2D eigenvalue weighted by Gasteiger charge is -2.00. The summed E-state index contributed by atoms with van der Waals surface area (Å²) in [5.74, 6) is -0.968. The summed E-state index contributed by atoms with van der Waals surface area (Å²) in [6.45, 7) is 0. The quantitative estimate of drug-likeness (QED) is 0.611. The Labute approximate surface area is 108 Å². The number of nitrogens with one attached hydrogen (secondary N) is 2. The molecule has 0 aromatic carbocycles. The maximum atomic E-state index is 11.7. The van der Waals surface area contributed by atoms with Crippen molar-refractivity contribution in [3.05, 3.63) is 23.4 Å². The van der Waals surface area contributed by atoms with Crippen LogP contribution in [0.15, 0.2) is 17.7 Å². The van der Waals surface area contributed by atoms with Gasteiger partial charge in [0.2, 0.25) is 5.91 Å². The molecule has 1 saturated carbocycles. The lowest BCUT2D eigenvalue weighted by atomic mass is 10.2. The number of hydrogen-bond donors (Lipinski definition) is 2. The van der Waals surface area contributed by atoms with Crippen LogP contribution < -0.4 is 5.32 Å². The first-order chi connectivity index (χ1) is 9.11. The molecular weight excluding hydrogens is 250 g/mol. The number of hydrogen-bond acceptors (Lipinski definition) is 5. The molecule has 1 aliphatic heterocycles. The number of ether oxygens (including phenoxy) is 1. The van der Waals surface area contributed by atoms with Crippen molar-refractivity contribution in [1.29, 1.82) is 0 Å². The topological polar surface area (TPSA) is 101 Å². The predicted octanol–water partition coefficient (Wildman–Crippen LogP) is 0.625. The standard InChI is InChI=1S/C12H11N3O4/c16-10(3-7-4-11(17)19-12(7)18)13-9-5-8(14-15-9)6-1-2-6/h4-6H,1-3H2,(H2,13,14,15,16). The van der Waals surface area contributed by atoms with Crippen LogP contribution in [0.4, 0.5) is 5.82 Å². The molecule has 7 heteroatoms. The lowest BCUT2D eigenvalue weighted by molar-refractivity contribution is -0.151. The Morgan fingerprint density at radius 3 is 2.89 bits per heavy atom. The average Bonchev–Trinajstić information content (AvgIpc) is 3.01. The van der Waals surface area contributed by atoms with Crippen LogP contribution in [0.1, 0.15) is 30.9 Å². The van der Waals surface area contributed by atoms with E-state index < -0.39 is 17.8 Å². The first-order valence-electron chi connectivity index (χ1n) is 5.93. The Balaban J connectivity index is 1.60. The molecule has 0 saturated heterocycles. The summed E-state index contributed by atoms with van der Waals surface area (Å²) in [5.41, 5.74) is 1.06. The maximum Gasteiger partial charge on any atom is 0.342 e. The van der Waals surface area contributed by atoms with E-state index in [1.807, 2.05) is 0 Å². The van der Waals surface area contributed by atoms with Crippen LogP contribution in [-0.4, -0.2) is 28.0 Å². The van der Waals surface area contributed by atoms with Gasteiger partial charge in [-0.2, -0.15) is 5.10 Å². The van der Waals surface area contributed by atoms with Gasteiger partial charge in [-0.15, -0.1) is 0 Å². The highest BCUT2D eigenvalue weighted by Crippen LogP contribution is 2.39. The highest BCUT2D eigenvalue weighted by atomic mass is 16.6. The number of aromatic nitrogens is 2. The maximum absolute atomic E-state index is 11.7. The number of carbonyl (C=O) groups excluding carboxylic acids is 3. The number of cyclic esters (lactones) is 2. The number of anilines is 1. The van der Waals surface area contributed by atoms with Gasteiger partial charge >= 0.3 is 11.9 Å². The van der Waals surface area contributed by atoms with E-state index in [1.54, 1.807) is 6.07 Å². The number of carbonyl (C=O) groups is 3. The van der Waals surface area contributed by atoms with E-state index in [4.69, 9.17) is 0 Å². The van der Waals surface area contributed by atoms with Gasteiger partial charge in [0.05, 0.1) is 12.0 Å². The minimum atomic E-state index is -0.763. The second-order valence-corrected chi connectivity index (χ2v) is 4.59. The molecule has 1 aliphatic carbocycles. The molecule has 0 radical (unpaired) electrons. The molecule has 3 rings (SSSR count). The van der Waals surface area contributed by atoms with Gasteiger partial charge in [-0.25, -0.2) is 9.59 Å². The molecule has 0 spiro atoms. The Morgan fingerprint density at radius 2 is 2.26 bits per heavy atom. The van der Waals surface area contributed by atoms with Crippen LogP contribution >= 0.6 is 0 Å². The monoisotopic (exact) mass is 261 g/mol. The molecule has 1 aromatic rings. The van der Waals surface area contributed by atoms with Crippen molar-refractivity contribution in [3.8, 4) is 0 Å². The summed E-state index contributed by atoms with van der Waals surface area (Å²) in [6.07, 6.45) is 3.10. The molecule has 0 bridgehead atoms. The van der Waals surface area contributed by atoms with Crippen molar-refractivity contribution < 1.29 is 19.1 Å². The number of rotatable bonds is 4. The SMILES string of the molecule is O=C(CC1=CC(=O)OC1=O)Nc1cc(C2CC2)[nH]n1. The number of esters is 2. The molecule has 7 nitrogen and oxygen atoms in total. The third kappa shape index (κ3) is 2.54. The summed E-state index contributed by atoms with van der Waals surface area (Å²) in [6, 6.07) is 1.78. The van der Waals surface area contributed by atoms with Gasteiger partial charge in [-0.05, 0) is 12.8 Å². The fraction of sp³-hybridized carbons (Fsp3) is 0.333. The Kier molecular flexibility index (Phi) is 2.66. The van der Waals surface area contributed by atoms with Crippen LogP contribution in [0.3, 0.4) is 0 Å². The first-order valence-corrected chi connectivity index (χ1v) is 5.93. The van der Waals surface area contributed by atoms with Crippen LogP contribution in [0.25, 0.3) is 0 Å². The van der Waals surface area contributed by atoms with Gasteiger partial charge in [0.1, 0.15) is 0 Å². The van der Waals surface area contributed by atoms with E-state index in [9.17, 15) is 14.4 Å². The molecular formula is C12H11N3O4. The Bertz CT molecular complexity index is 598. The molecule has 19 heavy (non-hydrogen) atoms. The van der Waals surface area contributed by atoms with E-state index in [-0.39, 0.29) is 12.0 Å². The van der Waals surface area contributed by atoms with E-state index >= 15 is 0 Å². The number of amides is 1. The molecule has 2 N–H and O–H groups in total. The fourth-order valence-corrected chi connectivity index (χ4v) is 1.87. The third-order valence-electron chi connectivity index (χ3n) is 2.98. The molecule has 0 atom stereocenters. The van der Waals surface area contributed by atoms with Crippen molar-refractivity contribution in [3.63, 3.8) is 0 Å². The zero-order valence-corrected chi connectivity index (χ0v) is 9.93. The van der Waals surface area contributed by atoms with Crippen molar-refractivity contribution in [2.75, 3.05) is 5.32 Å².